The van der Waals surface area contributed by atoms with Gasteiger partial charge in [-0.25, -0.2) is 4.79 Å². The number of benzene rings is 1. The molecule has 1 fully saturated rings. The quantitative estimate of drug-likeness (QED) is 0.495. The van der Waals surface area contributed by atoms with E-state index in [1.807, 2.05) is 6.92 Å². The van der Waals surface area contributed by atoms with E-state index in [0.29, 0.717) is 18.7 Å². The zero-order valence-electron chi connectivity index (χ0n) is 20.9. The molecule has 0 bridgehead atoms. The van der Waals surface area contributed by atoms with Gasteiger partial charge in [0.05, 0.1) is 21.5 Å². The molecule has 198 valence electrons. The fraction of sp³-hybridized carbons (Fsp3) is 0.500. The van der Waals surface area contributed by atoms with Gasteiger partial charge in [0.25, 0.3) is 16.0 Å². The van der Waals surface area contributed by atoms with E-state index >= 15 is 0 Å². The van der Waals surface area contributed by atoms with E-state index in [1.165, 1.54) is 17.0 Å². The Morgan fingerprint density at radius 1 is 1.14 bits per heavy atom. The first-order valence-corrected chi connectivity index (χ1v) is 13.6. The summed E-state index contributed by atoms with van der Waals surface area (Å²) in [5.41, 5.74) is 0.886. The Morgan fingerprint density at radius 3 is 2.33 bits per heavy atom. The molecule has 9 nitrogen and oxygen atoms in total. The van der Waals surface area contributed by atoms with E-state index in [-0.39, 0.29) is 33.8 Å². The molecule has 1 aromatic carbocycles. The second-order valence-corrected chi connectivity index (χ2v) is 12.2. The standard InChI is InChI=1S/C24H31Cl2N3O6S/c1-14-6-8-17(9-7-14)36(32,33)34-13-16-12-29(23(31)35-24(3,4)5)11-10-18(16)28-22(30)21-20(26)19(25)15(2)27-21/h6-9,16,18,27H,10-13H2,1-5H3,(H,28,30)/t16-,18-/m1/s1. The highest BCUT2D eigenvalue weighted by Crippen LogP contribution is 2.30. The Balaban J connectivity index is 1.78. The van der Waals surface area contributed by atoms with Crippen LogP contribution in [0.1, 0.15) is 48.9 Å². The van der Waals surface area contributed by atoms with Crippen LogP contribution >= 0.6 is 23.2 Å². The van der Waals surface area contributed by atoms with Crippen LogP contribution < -0.4 is 5.32 Å². The number of carbonyl (C=O) groups excluding carboxylic acids is 2. The number of hydrogen-bond acceptors (Lipinski definition) is 6. The van der Waals surface area contributed by atoms with Crippen molar-refractivity contribution in [1.29, 1.82) is 0 Å². The lowest BCUT2D eigenvalue weighted by Gasteiger charge is -2.39. The molecule has 2 aromatic rings. The van der Waals surface area contributed by atoms with Crippen LogP contribution in [-0.2, 0) is 19.0 Å². The molecule has 1 saturated heterocycles. The second-order valence-electron chi connectivity index (χ2n) is 9.86. The monoisotopic (exact) mass is 559 g/mol. The van der Waals surface area contributed by atoms with Gasteiger partial charge in [-0.1, -0.05) is 40.9 Å². The highest BCUT2D eigenvalue weighted by molar-refractivity contribution is 7.86. The number of aromatic amines is 1. The van der Waals surface area contributed by atoms with Gasteiger partial charge in [0, 0.05) is 30.7 Å². The molecule has 0 aliphatic carbocycles. The number of hydrogen-bond donors (Lipinski definition) is 2. The third-order valence-corrected chi connectivity index (χ3v) is 7.97. The van der Waals surface area contributed by atoms with Gasteiger partial charge in [-0.2, -0.15) is 8.42 Å². The topological polar surface area (TPSA) is 118 Å². The largest absolute Gasteiger partial charge is 0.444 e. The zero-order valence-corrected chi connectivity index (χ0v) is 23.2. The maximum absolute atomic E-state index is 13.0. The molecule has 1 aromatic heterocycles. The summed E-state index contributed by atoms with van der Waals surface area (Å²) < 4.78 is 36.4. The number of carbonyl (C=O) groups is 2. The number of piperidine rings is 1. The lowest BCUT2D eigenvalue weighted by Crippen LogP contribution is -2.54. The summed E-state index contributed by atoms with van der Waals surface area (Å²) in [5.74, 6) is -1.03. The van der Waals surface area contributed by atoms with E-state index in [1.54, 1.807) is 39.8 Å². The molecule has 1 aliphatic heterocycles. The van der Waals surface area contributed by atoms with Crippen LogP contribution in [0, 0.1) is 19.8 Å². The van der Waals surface area contributed by atoms with Gasteiger partial charge < -0.3 is 19.9 Å². The minimum absolute atomic E-state index is 0.0248. The minimum Gasteiger partial charge on any atom is -0.444 e. The number of nitrogens with zero attached hydrogens (tertiary/aromatic N) is 1. The van der Waals surface area contributed by atoms with Crippen molar-refractivity contribution in [2.75, 3.05) is 19.7 Å². The highest BCUT2D eigenvalue weighted by Gasteiger charge is 2.36. The molecule has 1 aliphatic rings. The lowest BCUT2D eigenvalue weighted by molar-refractivity contribution is 0.0101. The molecule has 2 heterocycles. The summed E-state index contributed by atoms with van der Waals surface area (Å²) in [7, 11) is -4.05. The van der Waals surface area contributed by atoms with Crippen molar-refractivity contribution >= 4 is 45.3 Å². The molecule has 36 heavy (non-hydrogen) atoms. The van der Waals surface area contributed by atoms with Crippen molar-refractivity contribution in [3.05, 3.63) is 51.3 Å². The van der Waals surface area contributed by atoms with Crippen LogP contribution in [0.4, 0.5) is 4.79 Å². The van der Waals surface area contributed by atoms with Crippen LogP contribution in [0.25, 0.3) is 0 Å². The maximum Gasteiger partial charge on any atom is 0.410 e. The smallest absolute Gasteiger partial charge is 0.410 e. The van der Waals surface area contributed by atoms with Gasteiger partial charge >= 0.3 is 6.09 Å². The van der Waals surface area contributed by atoms with Crippen molar-refractivity contribution in [2.45, 2.75) is 57.6 Å². The van der Waals surface area contributed by atoms with Crippen molar-refractivity contribution in [1.82, 2.24) is 15.2 Å². The van der Waals surface area contributed by atoms with E-state index < -0.39 is 39.7 Å². The van der Waals surface area contributed by atoms with E-state index in [0.717, 1.165) is 5.56 Å². The number of ether oxygens (including phenoxy) is 1. The molecule has 2 atom stereocenters. The molecule has 0 spiro atoms. The number of H-pyrrole nitrogens is 1. The summed E-state index contributed by atoms with van der Waals surface area (Å²) in [4.78, 5) is 30.0. The van der Waals surface area contributed by atoms with Gasteiger partial charge in [0.1, 0.15) is 11.3 Å². The summed E-state index contributed by atoms with van der Waals surface area (Å²) in [6, 6.07) is 5.80. The first kappa shape index (κ1) is 28.3. The predicted octanol–water partition coefficient (Wildman–Crippen LogP) is 4.70. The molecule has 0 saturated carbocycles. The zero-order chi connectivity index (χ0) is 26.8. The van der Waals surface area contributed by atoms with E-state index in [9.17, 15) is 18.0 Å². The van der Waals surface area contributed by atoms with Crippen molar-refractivity contribution < 1.29 is 26.9 Å². The fourth-order valence-corrected chi connectivity index (χ4v) is 5.18. The molecule has 12 heteroatoms. The average molecular weight is 561 g/mol. The number of halogens is 2. The summed E-state index contributed by atoms with van der Waals surface area (Å²) >= 11 is 12.3. The number of aryl methyl sites for hydroxylation is 2. The fourth-order valence-electron chi connectivity index (χ4n) is 3.80. The normalized spacial score (nSPS) is 18.7. The second kappa shape index (κ2) is 11.0. The summed E-state index contributed by atoms with van der Waals surface area (Å²) in [5, 5.41) is 3.25. The first-order chi connectivity index (χ1) is 16.7. The third kappa shape index (κ3) is 6.94. The number of nitrogens with one attached hydrogen (secondary N) is 2. The molecule has 2 N–H and O–H groups in total. The number of amides is 2. The molecule has 0 unspecified atom stereocenters. The average Bonchev–Trinajstić information content (AvgIpc) is 3.05. The van der Waals surface area contributed by atoms with Crippen LogP contribution in [0.15, 0.2) is 29.2 Å². The molecular formula is C24H31Cl2N3O6S. The minimum atomic E-state index is -4.05. The number of likely N-dealkylation sites (tertiary alicyclic amines) is 1. The molecule has 3 rings (SSSR count). The van der Waals surface area contributed by atoms with Crippen molar-refractivity contribution in [3.63, 3.8) is 0 Å². The van der Waals surface area contributed by atoms with Crippen LogP contribution in [0.5, 0.6) is 0 Å². The van der Waals surface area contributed by atoms with Gasteiger partial charge in [-0.05, 0) is 53.2 Å². The summed E-state index contributed by atoms with van der Waals surface area (Å²) in [6.07, 6.45) is -0.164. The van der Waals surface area contributed by atoms with Crippen LogP contribution in [0.2, 0.25) is 10.0 Å². The van der Waals surface area contributed by atoms with E-state index in [2.05, 4.69) is 10.3 Å². The number of rotatable bonds is 6. The summed E-state index contributed by atoms with van der Waals surface area (Å²) in [6.45, 7) is 9.01. The molecule has 2 amide bonds. The Hall–Kier alpha value is -2.27. The Morgan fingerprint density at radius 2 is 1.78 bits per heavy atom. The van der Waals surface area contributed by atoms with Gasteiger partial charge in [0.15, 0.2) is 0 Å². The van der Waals surface area contributed by atoms with Crippen molar-refractivity contribution in [2.24, 2.45) is 5.92 Å². The van der Waals surface area contributed by atoms with Crippen molar-refractivity contribution in [3.8, 4) is 0 Å². The molecular weight excluding hydrogens is 529 g/mol. The van der Waals surface area contributed by atoms with Gasteiger partial charge in [-0.15, -0.1) is 0 Å². The highest BCUT2D eigenvalue weighted by atomic mass is 35.5. The molecule has 0 radical (unpaired) electrons. The van der Waals surface area contributed by atoms with Crippen LogP contribution in [0.3, 0.4) is 0 Å². The Labute approximate surface area is 221 Å². The van der Waals surface area contributed by atoms with Crippen LogP contribution in [-0.4, -0.2) is 61.6 Å². The Kier molecular flexibility index (Phi) is 8.65. The van der Waals surface area contributed by atoms with E-state index in [4.69, 9.17) is 32.1 Å². The third-order valence-electron chi connectivity index (χ3n) is 5.73. The Bertz CT molecular complexity index is 1220. The SMILES string of the molecule is Cc1ccc(S(=O)(=O)OC[C@H]2CN(C(=O)OC(C)(C)C)CC[C@H]2NC(=O)c2[nH]c(C)c(Cl)c2Cl)cc1. The number of aromatic nitrogens is 1. The predicted molar refractivity (Wildman–Crippen MR) is 137 cm³/mol. The van der Waals surface area contributed by atoms with Gasteiger partial charge in [-0.3, -0.25) is 8.98 Å². The van der Waals surface area contributed by atoms with Gasteiger partial charge in [0.2, 0.25) is 0 Å². The maximum atomic E-state index is 13.0. The lowest BCUT2D eigenvalue weighted by atomic mass is 9.93. The first-order valence-electron chi connectivity index (χ1n) is 11.5.